The first-order chi connectivity index (χ1) is 6.50. The maximum atomic E-state index is 9.21. The van der Waals surface area contributed by atoms with Crippen LogP contribution in [-0.2, 0) is 6.42 Å². The zero-order chi connectivity index (χ0) is 10.6. The van der Waals surface area contributed by atoms with Gasteiger partial charge in [-0.05, 0) is 12.0 Å². The molecule has 0 bridgehead atoms. The van der Waals surface area contributed by atoms with Crippen molar-refractivity contribution in [1.82, 2.24) is 0 Å². The number of nitrogens with one attached hydrogen (secondary N) is 1. The highest BCUT2D eigenvalue weighted by atomic mass is 31.2. The molecule has 0 aromatic heterocycles. The molecule has 0 unspecified atom stereocenters. The molecule has 0 aliphatic carbocycles. The molecule has 0 heterocycles. The van der Waals surface area contributed by atoms with Crippen LogP contribution < -0.4 is 0 Å². The van der Waals surface area contributed by atoms with Crippen molar-refractivity contribution in [1.29, 1.82) is 5.41 Å². The molecule has 0 saturated carbocycles. The number of rotatable bonds is 4. The minimum atomic E-state index is -3.06. The Labute approximate surface area is 84.4 Å². The van der Waals surface area contributed by atoms with Gasteiger partial charge in [0.2, 0.25) is 5.45 Å². The van der Waals surface area contributed by atoms with Gasteiger partial charge in [0.05, 0.1) is 0 Å². The van der Waals surface area contributed by atoms with Crippen LogP contribution in [0, 0.1) is 5.41 Å². The fourth-order valence-corrected chi connectivity index (χ4v) is 1.65. The van der Waals surface area contributed by atoms with Crippen LogP contribution in [0.25, 0.3) is 0 Å². The minimum absolute atomic E-state index is 0.0568. The van der Waals surface area contributed by atoms with E-state index in [0.29, 0.717) is 12.8 Å². The Balaban J connectivity index is 2.46. The zero-order valence-electron chi connectivity index (χ0n) is 8.14. The van der Waals surface area contributed by atoms with Crippen molar-refractivity contribution in [3.8, 4) is 0 Å². The van der Waals surface area contributed by atoms with E-state index >= 15 is 0 Å². The van der Waals surface area contributed by atoms with Gasteiger partial charge in [-0.1, -0.05) is 30.3 Å². The number of benzene rings is 1. The average Bonchev–Trinajstić information content (AvgIpc) is 2.14. The smallest absolute Gasteiger partial charge is 0.267 e. The second-order valence-corrected chi connectivity index (χ2v) is 5.71. The van der Waals surface area contributed by atoms with E-state index in [1.165, 1.54) is 6.66 Å². The van der Waals surface area contributed by atoms with E-state index < -0.39 is 7.72 Å². The lowest BCUT2D eigenvalue weighted by Gasteiger charge is -2.07. The number of aryl methyl sites for hydroxylation is 1. The molecule has 0 aliphatic rings. The van der Waals surface area contributed by atoms with Crippen molar-refractivity contribution in [2.24, 2.45) is 0 Å². The van der Waals surface area contributed by atoms with E-state index in [2.05, 4.69) is 0 Å². The van der Waals surface area contributed by atoms with Gasteiger partial charge in [-0.2, -0.15) is 0 Å². The molecule has 1 rings (SSSR count). The molecule has 0 atom stereocenters. The molecule has 0 spiro atoms. The molecule has 3 N–H and O–H groups in total. The monoisotopic (exact) mass is 212 g/mol. The lowest BCUT2D eigenvalue weighted by atomic mass is 10.1. The SMILES string of the molecule is C[P+](O)(O)C(=N)CCc1ccccc1. The summed E-state index contributed by atoms with van der Waals surface area (Å²) in [4.78, 5) is 18.4. The minimum Gasteiger partial charge on any atom is -0.267 e. The summed E-state index contributed by atoms with van der Waals surface area (Å²) in [5, 5.41) is 7.44. The molecule has 0 fully saturated rings. The van der Waals surface area contributed by atoms with Gasteiger partial charge >= 0.3 is 7.72 Å². The lowest BCUT2D eigenvalue weighted by Crippen LogP contribution is -2.04. The van der Waals surface area contributed by atoms with Crippen LogP contribution in [0.5, 0.6) is 0 Å². The molecule has 0 aliphatic heterocycles. The van der Waals surface area contributed by atoms with Crippen LogP contribution in [0.15, 0.2) is 30.3 Å². The molecule has 4 heteroatoms. The summed E-state index contributed by atoms with van der Waals surface area (Å²) in [5.41, 5.74) is 1.17. The van der Waals surface area contributed by atoms with E-state index in [9.17, 15) is 9.79 Å². The summed E-state index contributed by atoms with van der Waals surface area (Å²) in [6, 6.07) is 9.75. The normalized spacial score (nSPS) is 11.4. The van der Waals surface area contributed by atoms with Crippen molar-refractivity contribution in [3.05, 3.63) is 35.9 Å². The Bertz CT molecular complexity index is 306. The molecule has 1 aromatic rings. The van der Waals surface area contributed by atoms with Crippen molar-refractivity contribution in [2.45, 2.75) is 12.8 Å². The highest BCUT2D eigenvalue weighted by Gasteiger charge is 2.32. The van der Waals surface area contributed by atoms with Crippen LogP contribution in [0.4, 0.5) is 0 Å². The van der Waals surface area contributed by atoms with Gasteiger partial charge in [0.15, 0.2) is 0 Å². The zero-order valence-corrected chi connectivity index (χ0v) is 9.04. The summed E-state index contributed by atoms with van der Waals surface area (Å²) in [6.45, 7) is 1.32. The summed E-state index contributed by atoms with van der Waals surface area (Å²) in [7, 11) is -3.06. The van der Waals surface area contributed by atoms with Crippen LogP contribution in [0.3, 0.4) is 0 Å². The van der Waals surface area contributed by atoms with Crippen molar-refractivity contribution < 1.29 is 9.79 Å². The van der Waals surface area contributed by atoms with E-state index in [-0.39, 0.29) is 5.45 Å². The third-order valence-electron chi connectivity index (χ3n) is 2.00. The molecule has 76 valence electrons. The quantitative estimate of drug-likeness (QED) is 0.528. The third-order valence-corrected chi connectivity index (χ3v) is 3.25. The highest BCUT2D eigenvalue weighted by Crippen LogP contribution is 2.47. The van der Waals surface area contributed by atoms with Gasteiger partial charge in [0, 0.05) is 6.42 Å². The second kappa shape index (κ2) is 4.65. The molecule has 0 amide bonds. The van der Waals surface area contributed by atoms with E-state index in [0.717, 1.165) is 5.56 Å². The van der Waals surface area contributed by atoms with Gasteiger partial charge in [0.1, 0.15) is 6.66 Å². The van der Waals surface area contributed by atoms with Crippen molar-refractivity contribution >= 4 is 13.2 Å². The lowest BCUT2D eigenvalue weighted by molar-refractivity contribution is 0.475. The predicted molar refractivity (Wildman–Crippen MR) is 59.8 cm³/mol. The fraction of sp³-hybridized carbons (Fsp3) is 0.300. The molecular weight excluding hydrogens is 197 g/mol. The summed E-state index contributed by atoms with van der Waals surface area (Å²) in [5.74, 6) is 0. The topological polar surface area (TPSA) is 64.3 Å². The first-order valence-corrected chi connectivity index (χ1v) is 6.58. The predicted octanol–water partition coefficient (Wildman–Crippen LogP) is 2.06. The Hall–Kier alpha value is -0.760. The van der Waals surface area contributed by atoms with Crippen molar-refractivity contribution in [2.75, 3.05) is 6.66 Å². The maximum absolute atomic E-state index is 9.21. The summed E-state index contributed by atoms with van der Waals surface area (Å²) in [6.07, 6.45) is 1.11. The molecule has 1 aromatic carbocycles. The Morgan fingerprint density at radius 3 is 2.36 bits per heavy atom. The van der Waals surface area contributed by atoms with Gasteiger partial charge < -0.3 is 0 Å². The van der Waals surface area contributed by atoms with Gasteiger partial charge in [0.25, 0.3) is 0 Å². The molecular formula is C10H15NO2P+. The molecule has 0 saturated heterocycles. The standard InChI is InChI=1S/C10H15NO2P/c1-14(12,13)10(11)8-7-9-5-3-2-4-6-9/h2-6,11-13H,7-8H2,1H3/q+1. The van der Waals surface area contributed by atoms with E-state index in [1.54, 1.807) is 0 Å². The van der Waals surface area contributed by atoms with Gasteiger partial charge in [-0.25, -0.2) is 9.79 Å². The highest BCUT2D eigenvalue weighted by molar-refractivity contribution is 7.80. The summed E-state index contributed by atoms with van der Waals surface area (Å²) >= 11 is 0. The second-order valence-electron chi connectivity index (χ2n) is 3.35. The number of hydrogen-bond acceptors (Lipinski definition) is 3. The first-order valence-electron chi connectivity index (χ1n) is 4.44. The molecule has 3 nitrogen and oxygen atoms in total. The largest absolute Gasteiger partial charge is 0.310 e. The van der Waals surface area contributed by atoms with Gasteiger partial charge in [-0.3, -0.25) is 5.41 Å². The Morgan fingerprint density at radius 1 is 1.29 bits per heavy atom. The Kier molecular flexibility index (Phi) is 3.76. The maximum Gasteiger partial charge on any atom is 0.310 e. The summed E-state index contributed by atoms with van der Waals surface area (Å²) < 4.78 is 0. The van der Waals surface area contributed by atoms with Crippen LogP contribution in [-0.4, -0.2) is 21.9 Å². The molecule has 14 heavy (non-hydrogen) atoms. The van der Waals surface area contributed by atoms with E-state index in [4.69, 9.17) is 5.41 Å². The average molecular weight is 212 g/mol. The van der Waals surface area contributed by atoms with Crippen LogP contribution >= 0.6 is 7.72 Å². The van der Waals surface area contributed by atoms with Crippen LogP contribution in [0.1, 0.15) is 12.0 Å². The fourth-order valence-electron chi connectivity index (χ4n) is 1.12. The van der Waals surface area contributed by atoms with Crippen LogP contribution in [0.2, 0.25) is 0 Å². The van der Waals surface area contributed by atoms with Gasteiger partial charge in [-0.15, -0.1) is 0 Å². The first kappa shape index (κ1) is 11.3. The van der Waals surface area contributed by atoms with E-state index in [1.807, 2.05) is 30.3 Å². The Morgan fingerprint density at radius 2 is 1.86 bits per heavy atom. The number of hydrogen-bond donors (Lipinski definition) is 3. The molecule has 0 radical (unpaired) electrons. The van der Waals surface area contributed by atoms with Crippen molar-refractivity contribution in [3.63, 3.8) is 0 Å². The third kappa shape index (κ3) is 3.54.